The van der Waals surface area contributed by atoms with Gasteiger partial charge in [-0.25, -0.2) is 0 Å². The Labute approximate surface area is 112 Å². The fraction of sp³-hybridized carbons (Fsp3) is 0.154. The summed E-state index contributed by atoms with van der Waals surface area (Å²) in [7, 11) is 0. The van der Waals surface area contributed by atoms with Gasteiger partial charge in [0.15, 0.2) is 0 Å². The quantitative estimate of drug-likeness (QED) is 0.922. The molecule has 0 aliphatic rings. The molecule has 0 aliphatic heterocycles. The van der Waals surface area contributed by atoms with Crippen LogP contribution in [0.1, 0.15) is 5.56 Å². The molecule has 1 aromatic carbocycles. The highest BCUT2D eigenvalue weighted by atomic mass is 19.4. The molecular weight excluding hydrogens is 273 g/mol. The van der Waals surface area contributed by atoms with Crippen LogP contribution >= 0.6 is 0 Å². The SMILES string of the molecule is Cc1ccn(-c2ccc(OC(F)(F)F)cc2)c(=O)c1N. The number of nitrogens with two attached hydrogens (primary N) is 1. The van der Waals surface area contributed by atoms with Crippen molar-refractivity contribution < 1.29 is 17.9 Å². The largest absolute Gasteiger partial charge is 0.573 e. The number of nitrogen functional groups attached to an aromatic ring is 1. The molecule has 0 fully saturated rings. The number of aromatic nitrogens is 1. The highest BCUT2D eigenvalue weighted by Gasteiger charge is 2.30. The van der Waals surface area contributed by atoms with Crippen LogP contribution in [0.5, 0.6) is 5.75 Å². The van der Waals surface area contributed by atoms with Crippen molar-refractivity contribution >= 4 is 5.69 Å². The highest BCUT2D eigenvalue weighted by Crippen LogP contribution is 2.23. The molecule has 0 unspecified atom stereocenters. The van der Waals surface area contributed by atoms with Gasteiger partial charge in [-0.15, -0.1) is 13.2 Å². The molecule has 0 aliphatic carbocycles. The molecule has 0 atom stereocenters. The Kier molecular flexibility index (Phi) is 3.44. The van der Waals surface area contributed by atoms with Crippen molar-refractivity contribution in [1.29, 1.82) is 0 Å². The number of rotatable bonds is 2. The average molecular weight is 284 g/mol. The lowest BCUT2D eigenvalue weighted by Crippen LogP contribution is -2.22. The van der Waals surface area contributed by atoms with Crippen molar-refractivity contribution in [3.05, 3.63) is 52.4 Å². The lowest BCUT2D eigenvalue weighted by Gasteiger charge is -2.11. The van der Waals surface area contributed by atoms with Crippen LogP contribution in [0.25, 0.3) is 5.69 Å². The molecule has 0 amide bonds. The Hall–Kier alpha value is -2.44. The zero-order valence-corrected chi connectivity index (χ0v) is 10.4. The maximum Gasteiger partial charge on any atom is 0.573 e. The molecule has 2 N–H and O–H groups in total. The molecule has 2 rings (SSSR count). The minimum Gasteiger partial charge on any atom is -0.406 e. The van der Waals surface area contributed by atoms with Gasteiger partial charge in [-0.1, -0.05) is 0 Å². The van der Waals surface area contributed by atoms with Crippen LogP contribution in [0.4, 0.5) is 18.9 Å². The molecule has 7 heteroatoms. The second kappa shape index (κ2) is 4.92. The maximum absolute atomic E-state index is 12.0. The number of anilines is 1. The average Bonchev–Trinajstić information content (AvgIpc) is 2.36. The lowest BCUT2D eigenvalue weighted by atomic mass is 10.2. The third-order valence-corrected chi connectivity index (χ3v) is 2.70. The van der Waals surface area contributed by atoms with Crippen LogP contribution in [0.15, 0.2) is 41.3 Å². The topological polar surface area (TPSA) is 57.2 Å². The van der Waals surface area contributed by atoms with E-state index in [0.717, 1.165) is 12.1 Å². The van der Waals surface area contributed by atoms with Crippen LogP contribution < -0.4 is 16.0 Å². The van der Waals surface area contributed by atoms with E-state index in [4.69, 9.17) is 5.73 Å². The molecule has 1 aromatic heterocycles. The van der Waals surface area contributed by atoms with Crippen molar-refractivity contribution in [2.45, 2.75) is 13.3 Å². The fourth-order valence-corrected chi connectivity index (χ4v) is 1.65. The Morgan fingerprint density at radius 1 is 1.15 bits per heavy atom. The maximum atomic E-state index is 12.0. The van der Waals surface area contributed by atoms with Crippen LogP contribution in [0, 0.1) is 6.92 Å². The normalized spacial score (nSPS) is 11.4. The van der Waals surface area contributed by atoms with E-state index in [-0.39, 0.29) is 11.4 Å². The zero-order chi connectivity index (χ0) is 14.9. The lowest BCUT2D eigenvalue weighted by molar-refractivity contribution is -0.274. The van der Waals surface area contributed by atoms with Gasteiger partial charge in [0, 0.05) is 11.9 Å². The summed E-state index contributed by atoms with van der Waals surface area (Å²) < 4.78 is 41.1. The van der Waals surface area contributed by atoms with E-state index in [9.17, 15) is 18.0 Å². The van der Waals surface area contributed by atoms with Gasteiger partial charge in [-0.3, -0.25) is 9.36 Å². The van der Waals surface area contributed by atoms with Gasteiger partial charge in [0.1, 0.15) is 11.4 Å². The van der Waals surface area contributed by atoms with Gasteiger partial charge < -0.3 is 10.5 Å². The number of hydrogen-bond acceptors (Lipinski definition) is 3. The molecular formula is C13H11F3N2O2. The first-order valence-corrected chi connectivity index (χ1v) is 5.62. The van der Waals surface area contributed by atoms with Gasteiger partial charge in [0.2, 0.25) is 0 Å². The number of halogens is 3. The Morgan fingerprint density at radius 3 is 2.30 bits per heavy atom. The first-order chi connectivity index (χ1) is 9.28. The Morgan fingerprint density at radius 2 is 1.75 bits per heavy atom. The molecule has 0 saturated heterocycles. The summed E-state index contributed by atoms with van der Waals surface area (Å²) in [4.78, 5) is 11.9. The minimum atomic E-state index is -4.74. The van der Waals surface area contributed by atoms with E-state index >= 15 is 0 Å². The highest BCUT2D eigenvalue weighted by molar-refractivity contribution is 5.47. The summed E-state index contributed by atoms with van der Waals surface area (Å²) in [6.07, 6.45) is -3.24. The van der Waals surface area contributed by atoms with E-state index in [1.807, 2.05) is 0 Å². The number of pyridine rings is 1. The third kappa shape index (κ3) is 2.93. The molecule has 0 radical (unpaired) electrons. The molecule has 2 aromatic rings. The van der Waals surface area contributed by atoms with Gasteiger partial charge in [-0.2, -0.15) is 0 Å². The molecule has 106 valence electrons. The van der Waals surface area contributed by atoms with E-state index in [2.05, 4.69) is 4.74 Å². The monoisotopic (exact) mass is 284 g/mol. The van der Waals surface area contributed by atoms with E-state index in [1.165, 1.54) is 22.9 Å². The van der Waals surface area contributed by atoms with Crippen LogP contribution in [0.3, 0.4) is 0 Å². The van der Waals surface area contributed by atoms with Gasteiger partial charge in [0.05, 0.1) is 0 Å². The number of hydrogen-bond donors (Lipinski definition) is 1. The second-order valence-electron chi connectivity index (χ2n) is 4.13. The number of benzene rings is 1. The number of alkyl halides is 3. The van der Waals surface area contributed by atoms with Crippen molar-refractivity contribution in [3.8, 4) is 11.4 Å². The third-order valence-electron chi connectivity index (χ3n) is 2.70. The molecule has 1 heterocycles. The van der Waals surface area contributed by atoms with Crippen molar-refractivity contribution in [1.82, 2.24) is 4.57 Å². The van der Waals surface area contributed by atoms with Gasteiger partial charge in [0.25, 0.3) is 5.56 Å². The number of nitrogens with zero attached hydrogens (tertiary/aromatic N) is 1. The van der Waals surface area contributed by atoms with Crippen molar-refractivity contribution in [3.63, 3.8) is 0 Å². The van der Waals surface area contributed by atoms with Crippen molar-refractivity contribution in [2.75, 3.05) is 5.73 Å². The summed E-state index contributed by atoms with van der Waals surface area (Å²) in [5.74, 6) is -0.352. The summed E-state index contributed by atoms with van der Waals surface area (Å²) in [6.45, 7) is 1.70. The zero-order valence-electron chi connectivity index (χ0n) is 10.4. The van der Waals surface area contributed by atoms with Crippen LogP contribution in [-0.2, 0) is 0 Å². The van der Waals surface area contributed by atoms with E-state index in [1.54, 1.807) is 13.0 Å². The molecule has 20 heavy (non-hydrogen) atoms. The first-order valence-electron chi connectivity index (χ1n) is 5.62. The summed E-state index contributed by atoms with van der Waals surface area (Å²) in [5.41, 5.74) is 6.35. The smallest absolute Gasteiger partial charge is 0.406 e. The van der Waals surface area contributed by atoms with Crippen LogP contribution in [0.2, 0.25) is 0 Å². The predicted molar refractivity (Wildman–Crippen MR) is 67.9 cm³/mol. The Bertz CT molecular complexity index is 675. The van der Waals surface area contributed by atoms with E-state index in [0.29, 0.717) is 11.3 Å². The predicted octanol–water partition coefficient (Wildman–Crippen LogP) is 2.63. The van der Waals surface area contributed by atoms with E-state index < -0.39 is 11.9 Å². The molecule has 4 nitrogen and oxygen atoms in total. The number of ether oxygens (including phenoxy) is 1. The van der Waals surface area contributed by atoms with Gasteiger partial charge >= 0.3 is 6.36 Å². The van der Waals surface area contributed by atoms with Gasteiger partial charge in [-0.05, 0) is 42.8 Å². The second-order valence-corrected chi connectivity index (χ2v) is 4.13. The summed E-state index contributed by atoms with van der Waals surface area (Å²) in [5, 5.41) is 0. The van der Waals surface area contributed by atoms with Crippen molar-refractivity contribution in [2.24, 2.45) is 0 Å². The molecule has 0 spiro atoms. The Balaban J connectivity index is 2.36. The summed E-state index contributed by atoms with van der Waals surface area (Å²) >= 11 is 0. The minimum absolute atomic E-state index is 0.100. The fourth-order valence-electron chi connectivity index (χ4n) is 1.65. The standard InChI is InChI=1S/C13H11F3N2O2/c1-8-6-7-18(12(19)11(8)17)9-2-4-10(5-3-9)20-13(14,15)16/h2-7H,17H2,1H3. The first kappa shape index (κ1) is 14.0. The molecule has 0 saturated carbocycles. The number of aryl methyl sites for hydroxylation is 1. The molecule has 0 bridgehead atoms. The summed E-state index contributed by atoms with van der Waals surface area (Å²) in [6, 6.07) is 6.60. The van der Waals surface area contributed by atoms with Crippen LogP contribution in [-0.4, -0.2) is 10.9 Å².